The molecule has 3 N–H and O–H groups in total. The summed E-state index contributed by atoms with van der Waals surface area (Å²) < 4.78 is 18.5. The average molecular weight is 461 g/mol. The highest BCUT2D eigenvalue weighted by Crippen LogP contribution is 2.09. The molecule has 0 radical (unpaired) electrons. The Kier molecular flexibility index (Phi) is 8.32. The van der Waals surface area contributed by atoms with Crippen LogP contribution in [0.2, 0.25) is 0 Å². The number of aromatic nitrogens is 1. The first-order valence-electron chi connectivity index (χ1n) is 7.40. The Morgan fingerprint density at radius 1 is 1.32 bits per heavy atom. The van der Waals surface area contributed by atoms with Crippen LogP contribution >= 0.6 is 24.0 Å². The van der Waals surface area contributed by atoms with Crippen molar-refractivity contribution in [3.8, 4) is 0 Å². The number of halogens is 2. The van der Waals surface area contributed by atoms with Crippen LogP contribution in [0.25, 0.3) is 0 Å². The fourth-order valence-corrected chi connectivity index (χ4v) is 1.93. The standard InChI is InChI=1S/C16H20FN5O2.HI/c1-10-11(2)24-15(21-10)9-20-16(18-3)19-8-14(23)22-13-6-4-5-12(17)7-13;/h4-7H,8-9H2,1-3H3,(H,22,23)(H2,18,19,20);1H. The van der Waals surface area contributed by atoms with Crippen molar-refractivity contribution in [3.63, 3.8) is 0 Å². The number of amides is 1. The van der Waals surface area contributed by atoms with E-state index in [2.05, 4.69) is 25.9 Å². The van der Waals surface area contributed by atoms with Crippen LogP contribution in [0, 0.1) is 19.7 Å². The van der Waals surface area contributed by atoms with Crippen molar-refractivity contribution in [2.24, 2.45) is 4.99 Å². The first-order valence-corrected chi connectivity index (χ1v) is 7.40. The van der Waals surface area contributed by atoms with Crippen molar-refractivity contribution in [2.75, 3.05) is 18.9 Å². The van der Waals surface area contributed by atoms with E-state index in [4.69, 9.17) is 4.42 Å². The highest BCUT2D eigenvalue weighted by Gasteiger charge is 2.08. The number of hydrogen-bond acceptors (Lipinski definition) is 4. The van der Waals surface area contributed by atoms with Gasteiger partial charge in [0.2, 0.25) is 11.8 Å². The molecule has 0 saturated heterocycles. The molecule has 7 nitrogen and oxygen atoms in total. The number of carbonyl (C=O) groups is 1. The minimum Gasteiger partial charge on any atom is -0.444 e. The third-order valence-corrected chi connectivity index (χ3v) is 3.23. The molecule has 0 bridgehead atoms. The van der Waals surface area contributed by atoms with Crippen LogP contribution in [0.4, 0.5) is 10.1 Å². The molecule has 2 rings (SSSR count). The van der Waals surface area contributed by atoms with Gasteiger partial charge in [-0.1, -0.05) is 6.07 Å². The van der Waals surface area contributed by atoms with Gasteiger partial charge in [0.1, 0.15) is 11.6 Å². The number of nitrogens with one attached hydrogen (secondary N) is 3. The van der Waals surface area contributed by atoms with Gasteiger partial charge in [-0.25, -0.2) is 9.37 Å². The Bertz CT molecular complexity index is 728. The van der Waals surface area contributed by atoms with Gasteiger partial charge < -0.3 is 20.4 Å². The number of oxazole rings is 1. The number of rotatable bonds is 5. The zero-order valence-electron chi connectivity index (χ0n) is 14.2. The summed E-state index contributed by atoms with van der Waals surface area (Å²) in [5.41, 5.74) is 1.24. The fourth-order valence-electron chi connectivity index (χ4n) is 1.93. The summed E-state index contributed by atoms with van der Waals surface area (Å²) in [6, 6.07) is 5.70. The summed E-state index contributed by atoms with van der Waals surface area (Å²) in [5.74, 6) is 1.01. The monoisotopic (exact) mass is 461 g/mol. The number of benzene rings is 1. The summed E-state index contributed by atoms with van der Waals surface area (Å²) in [7, 11) is 1.59. The van der Waals surface area contributed by atoms with E-state index in [-0.39, 0.29) is 36.4 Å². The molecule has 1 aromatic carbocycles. The molecular weight excluding hydrogens is 440 g/mol. The molecule has 0 fully saturated rings. The number of anilines is 1. The first kappa shape index (κ1) is 20.9. The highest BCUT2D eigenvalue weighted by atomic mass is 127. The summed E-state index contributed by atoms with van der Waals surface area (Å²) in [6.07, 6.45) is 0. The third kappa shape index (κ3) is 6.69. The summed E-state index contributed by atoms with van der Waals surface area (Å²) >= 11 is 0. The molecule has 2 aromatic rings. The van der Waals surface area contributed by atoms with Gasteiger partial charge in [-0.15, -0.1) is 24.0 Å². The van der Waals surface area contributed by atoms with Crippen LogP contribution < -0.4 is 16.0 Å². The molecule has 136 valence electrons. The fraction of sp³-hybridized carbons (Fsp3) is 0.312. The van der Waals surface area contributed by atoms with Gasteiger partial charge in [0.25, 0.3) is 0 Å². The topological polar surface area (TPSA) is 91.5 Å². The van der Waals surface area contributed by atoms with Crippen LogP contribution in [-0.4, -0.2) is 30.4 Å². The number of guanidine groups is 1. The third-order valence-electron chi connectivity index (χ3n) is 3.23. The lowest BCUT2D eigenvalue weighted by Crippen LogP contribution is -2.41. The molecule has 1 amide bonds. The van der Waals surface area contributed by atoms with Gasteiger partial charge >= 0.3 is 0 Å². The molecule has 25 heavy (non-hydrogen) atoms. The predicted octanol–water partition coefficient (Wildman–Crippen LogP) is 2.35. The molecule has 0 spiro atoms. The smallest absolute Gasteiger partial charge is 0.243 e. The molecule has 1 heterocycles. The Labute approximate surface area is 162 Å². The summed E-state index contributed by atoms with van der Waals surface area (Å²) in [6.45, 7) is 4.04. The van der Waals surface area contributed by atoms with Gasteiger partial charge in [0, 0.05) is 12.7 Å². The van der Waals surface area contributed by atoms with E-state index in [0.717, 1.165) is 11.5 Å². The Morgan fingerprint density at radius 3 is 2.68 bits per heavy atom. The molecule has 0 unspecified atom stereocenters. The number of nitrogens with zero attached hydrogens (tertiary/aromatic N) is 2. The van der Waals surface area contributed by atoms with Crippen molar-refractivity contribution < 1.29 is 13.6 Å². The summed E-state index contributed by atoms with van der Waals surface area (Å²) in [4.78, 5) is 20.1. The molecule has 9 heteroatoms. The maximum absolute atomic E-state index is 13.1. The second-order valence-electron chi connectivity index (χ2n) is 5.09. The number of aryl methyl sites for hydroxylation is 2. The zero-order chi connectivity index (χ0) is 17.5. The Hall–Kier alpha value is -2.17. The minimum absolute atomic E-state index is 0. The Balaban J connectivity index is 0.00000312. The lowest BCUT2D eigenvalue weighted by atomic mass is 10.3. The van der Waals surface area contributed by atoms with Gasteiger partial charge in [-0.2, -0.15) is 0 Å². The number of hydrogen-bond donors (Lipinski definition) is 3. The highest BCUT2D eigenvalue weighted by molar-refractivity contribution is 14.0. The van der Waals surface area contributed by atoms with E-state index in [1.807, 2.05) is 13.8 Å². The SMILES string of the molecule is CN=C(NCC(=O)Nc1cccc(F)c1)NCc1nc(C)c(C)o1.I. The van der Waals surface area contributed by atoms with E-state index in [0.29, 0.717) is 24.1 Å². The quantitative estimate of drug-likeness (QED) is 0.362. The van der Waals surface area contributed by atoms with E-state index in [1.165, 1.54) is 18.2 Å². The van der Waals surface area contributed by atoms with Gasteiger partial charge in [0.05, 0.1) is 18.8 Å². The molecule has 0 aliphatic heterocycles. The van der Waals surface area contributed by atoms with E-state index >= 15 is 0 Å². The lowest BCUT2D eigenvalue weighted by molar-refractivity contribution is -0.115. The number of aliphatic imine (C=N–C) groups is 1. The molecule has 0 saturated carbocycles. The van der Waals surface area contributed by atoms with Crippen molar-refractivity contribution in [1.29, 1.82) is 0 Å². The van der Waals surface area contributed by atoms with Crippen molar-refractivity contribution in [1.82, 2.24) is 15.6 Å². The van der Waals surface area contributed by atoms with Gasteiger partial charge in [-0.3, -0.25) is 9.79 Å². The van der Waals surface area contributed by atoms with Crippen molar-refractivity contribution >= 4 is 41.5 Å². The predicted molar refractivity (Wildman–Crippen MR) is 105 cm³/mol. The maximum atomic E-state index is 13.1. The average Bonchev–Trinajstić information content (AvgIpc) is 2.86. The largest absolute Gasteiger partial charge is 0.444 e. The molecule has 0 atom stereocenters. The normalized spacial score (nSPS) is 10.8. The molecule has 1 aromatic heterocycles. The first-order chi connectivity index (χ1) is 11.5. The van der Waals surface area contributed by atoms with E-state index in [9.17, 15) is 9.18 Å². The molecular formula is C16H21FIN5O2. The van der Waals surface area contributed by atoms with Crippen molar-refractivity contribution in [2.45, 2.75) is 20.4 Å². The van der Waals surface area contributed by atoms with Crippen LogP contribution in [0.1, 0.15) is 17.3 Å². The molecule has 0 aliphatic rings. The second-order valence-corrected chi connectivity index (χ2v) is 5.09. The van der Waals surface area contributed by atoms with Crippen LogP contribution in [0.5, 0.6) is 0 Å². The van der Waals surface area contributed by atoms with E-state index in [1.54, 1.807) is 13.1 Å². The summed E-state index contributed by atoms with van der Waals surface area (Å²) in [5, 5.41) is 8.45. The minimum atomic E-state index is -0.408. The lowest BCUT2D eigenvalue weighted by Gasteiger charge is -2.11. The van der Waals surface area contributed by atoms with Crippen LogP contribution in [-0.2, 0) is 11.3 Å². The van der Waals surface area contributed by atoms with Gasteiger partial charge in [0.15, 0.2) is 5.96 Å². The maximum Gasteiger partial charge on any atom is 0.243 e. The van der Waals surface area contributed by atoms with Crippen LogP contribution in [0.3, 0.4) is 0 Å². The van der Waals surface area contributed by atoms with Crippen molar-refractivity contribution in [3.05, 3.63) is 47.4 Å². The Morgan fingerprint density at radius 2 is 2.08 bits per heavy atom. The van der Waals surface area contributed by atoms with Crippen LogP contribution in [0.15, 0.2) is 33.7 Å². The van der Waals surface area contributed by atoms with Gasteiger partial charge in [-0.05, 0) is 32.0 Å². The molecule has 0 aliphatic carbocycles. The zero-order valence-corrected chi connectivity index (χ0v) is 16.6. The second kappa shape index (κ2) is 9.97. The van der Waals surface area contributed by atoms with E-state index < -0.39 is 5.82 Å². The number of carbonyl (C=O) groups excluding carboxylic acids is 1.